The van der Waals surface area contributed by atoms with Crippen LogP contribution < -0.4 is 5.73 Å². The van der Waals surface area contributed by atoms with Crippen molar-refractivity contribution in [2.24, 2.45) is 29.4 Å². The summed E-state index contributed by atoms with van der Waals surface area (Å²) in [6, 6.07) is 0.414. The first kappa shape index (κ1) is 15.0. The lowest BCUT2D eigenvalue weighted by atomic mass is 9.76. The van der Waals surface area contributed by atoms with E-state index in [2.05, 4.69) is 27.7 Å². The van der Waals surface area contributed by atoms with Gasteiger partial charge >= 0.3 is 0 Å². The molecule has 0 spiro atoms. The third-order valence-corrected chi connectivity index (χ3v) is 4.67. The lowest BCUT2D eigenvalue weighted by Crippen LogP contribution is -2.37. The van der Waals surface area contributed by atoms with E-state index in [4.69, 9.17) is 5.73 Å². The van der Waals surface area contributed by atoms with Gasteiger partial charge in [-0.3, -0.25) is 0 Å². The molecule has 0 aromatic rings. The van der Waals surface area contributed by atoms with Gasteiger partial charge in [0.1, 0.15) is 0 Å². The second-order valence-electron chi connectivity index (χ2n) is 6.81. The zero-order valence-corrected chi connectivity index (χ0v) is 12.4. The molecule has 0 aromatic carbocycles. The van der Waals surface area contributed by atoms with Crippen LogP contribution in [0.1, 0.15) is 72.6 Å². The molecule has 1 fully saturated rings. The Morgan fingerprint density at radius 3 is 1.94 bits per heavy atom. The van der Waals surface area contributed by atoms with Crippen molar-refractivity contribution in [2.75, 3.05) is 0 Å². The molecule has 102 valence electrons. The van der Waals surface area contributed by atoms with Gasteiger partial charge in [-0.2, -0.15) is 0 Å². The Kier molecular flexibility index (Phi) is 6.54. The molecule has 0 bridgehead atoms. The highest BCUT2D eigenvalue weighted by atomic mass is 14.7. The molecule has 0 saturated heterocycles. The zero-order valence-electron chi connectivity index (χ0n) is 12.4. The Morgan fingerprint density at radius 1 is 0.941 bits per heavy atom. The van der Waals surface area contributed by atoms with Crippen molar-refractivity contribution in [3.63, 3.8) is 0 Å². The van der Waals surface area contributed by atoms with Crippen LogP contribution in [0.3, 0.4) is 0 Å². The van der Waals surface area contributed by atoms with Crippen LogP contribution in [-0.2, 0) is 0 Å². The largest absolute Gasteiger partial charge is 0.327 e. The predicted octanol–water partition coefficient (Wildman–Crippen LogP) is 4.60. The molecule has 1 saturated carbocycles. The standard InChI is InChI=1S/C16H33N/c1-12(2)16(13(3)4)15(17)11-10-14-8-6-5-7-9-14/h12-16H,5-11,17H2,1-4H3. The Morgan fingerprint density at radius 2 is 1.47 bits per heavy atom. The van der Waals surface area contributed by atoms with Crippen LogP contribution in [-0.4, -0.2) is 6.04 Å². The first-order chi connectivity index (χ1) is 8.02. The van der Waals surface area contributed by atoms with Gasteiger partial charge in [0.2, 0.25) is 0 Å². The number of rotatable bonds is 6. The van der Waals surface area contributed by atoms with Gasteiger partial charge in [-0.05, 0) is 36.5 Å². The van der Waals surface area contributed by atoms with Gasteiger partial charge in [-0.15, -0.1) is 0 Å². The average Bonchev–Trinajstić information content (AvgIpc) is 2.27. The SMILES string of the molecule is CC(C)C(C(C)C)C(N)CCC1CCCCC1. The summed E-state index contributed by atoms with van der Waals surface area (Å²) in [4.78, 5) is 0. The molecule has 0 radical (unpaired) electrons. The third kappa shape index (κ3) is 4.99. The second kappa shape index (κ2) is 7.41. The van der Waals surface area contributed by atoms with Gasteiger partial charge in [0.25, 0.3) is 0 Å². The van der Waals surface area contributed by atoms with E-state index in [0.29, 0.717) is 12.0 Å². The first-order valence-electron chi connectivity index (χ1n) is 7.78. The van der Waals surface area contributed by atoms with Crippen molar-refractivity contribution in [3.8, 4) is 0 Å². The van der Waals surface area contributed by atoms with E-state index in [1.165, 1.54) is 44.9 Å². The van der Waals surface area contributed by atoms with Crippen LogP contribution in [0.4, 0.5) is 0 Å². The van der Waals surface area contributed by atoms with Gasteiger partial charge < -0.3 is 5.73 Å². The number of nitrogens with two attached hydrogens (primary N) is 1. The van der Waals surface area contributed by atoms with Gasteiger partial charge in [-0.25, -0.2) is 0 Å². The van der Waals surface area contributed by atoms with Crippen molar-refractivity contribution < 1.29 is 0 Å². The van der Waals surface area contributed by atoms with E-state index >= 15 is 0 Å². The molecule has 1 unspecified atom stereocenters. The molecule has 1 aliphatic rings. The van der Waals surface area contributed by atoms with Crippen LogP contribution >= 0.6 is 0 Å². The summed E-state index contributed by atoms with van der Waals surface area (Å²) >= 11 is 0. The lowest BCUT2D eigenvalue weighted by Gasteiger charge is -2.32. The molecule has 0 aliphatic heterocycles. The summed E-state index contributed by atoms with van der Waals surface area (Å²) in [5.74, 6) is 3.11. The topological polar surface area (TPSA) is 26.0 Å². The summed E-state index contributed by atoms with van der Waals surface area (Å²) in [7, 11) is 0. The smallest absolute Gasteiger partial charge is 0.00721 e. The first-order valence-corrected chi connectivity index (χ1v) is 7.78. The molecule has 1 aliphatic carbocycles. The van der Waals surface area contributed by atoms with Gasteiger partial charge in [0, 0.05) is 6.04 Å². The highest BCUT2D eigenvalue weighted by Gasteiger charge is 2.25. The molecule has 2 N–H and O–H groups in total. The predicted molar refractivity (Wildman–Crippen MR) is 77.0 cm³/mol. The van der Waals surface area contributed by atoms with Crippen LogP contribution in [0.25, 0.3) is 0 Å². The summed E-state index contributed by atoms with van der Waals surface area (Å²) in [6.45, 7) is 9.30. The van der Waals surface area contributed by atoms with E-state index in [9.17, 15) is 0 Å². The maximum absolute atomic E-state index is 6.44. The summed E-state index contributed by atoms with van der Waals surface area (Å²) in [5.41, 5.74) is 6.44. The van der Waals surface area contributed by atoms with E-state index in [0.717, 1.165) is 17.8 Å². The number of hydrogen-bond donors (Lipinski definition) is 1. The van der Waals surface area contributed by atoms with Gasteiger partial charge in [0.15, 0.2) is 0 Å². The minimum atomic E-state index is 0.414. The molecule has 0 heterocycles. The molecule has 0 amide bonds. The minimum absolute atomic E-state index is 0.414. The van der Waals surface area contributed by atoms with Crippen molar-refractivity contribution >= 4 is 0 Å². The Hall–Kier alpha value is -0.0400. The molecular formula is C16H33N. The van der Waals surface area contributed by atoms with Crippen LogP contribution in [0.15, 0.2) is 0 Å². The van der Waals surface area contributed by atoms with E-state index in [1.807, 2.05) is 0 Å². The molecular weight excluding hydrogens is 206 g/mol. The Labute approximate surface area is 109 Å². The zero-order chi connectivity index (χ0) is 12.8. The van der Waals surface area contributed by atoms with Crippen molar-refractivity contribution in [3.05, 3.63) is 0 Å². The highest BCUT2D eigenvalue weighted by molar-refractivity contribution is 4.79. The van der Waals surface area contributed by atoms with Crippen LogP contribution in [0.5, 0.6) is 0 Å². The third-order valence-electron chi connectivity index (χ3n) is 4.67. The van der Waals surface area contributed by atoms with Crippen LogP contribution in [0, 0.1) is 23.7 Å². The number of hydrogen-bond acceptors (Lipinski definition) is 1. The highest BCUT2D eigenvalue weighted by Crippen LogP contribution is 2.31. The summed E-state index contributed by atoms with van der Waals surface area (Å²) in [6.07, 6.45) is 9.91. The molecule has 17 heavy (non-hydrogen) atoms. The Balaban J connectivity index is 2.33. The van der Waals surface area contributed by atoms with Crippen molar-refractivity contribution in [1.82, 2.24) is 0 Å². The summed E-state index contributed by atoms with van der Waals surface area (Å²) in [5, 5.41) is 0. The Bertz CT molecular complexity index is 184. The normalized spacial score (nSPS) is 20.5. The monoisotopic (exact) mass is 239 g/mol. The van der Waals surface area contributed by atoms with Crippen molar-refractivity contribution in [1.29, 1.82) is 0 Å². The fraction of sp³-hybridized carbons (Fsp3) is 1.00. The maximum atomic E-state index is 6.44. The summed E-state index contributed by atoms with van der Waals surface area (Å²) < 4.78 is 0. The second-order valence-corrected chi connectivity index (χ2v) is 6.81. The van der Waals surface area contributed by atoms with E-state index in [1.54, 1.807) is 0 Å². The molecule has 1 rings (SSSR count). The fourth-order valence-electron chi connectivity index (χ4n) is 3.85. The quantitative estimate of drug-likeness (QED) is 0.720. The average molecular weight is 239 g/mol. The van der Waals surface area contributed by atoms with E-state index < -0.39 is 0 Å². The van der Waals surface area contributed by atoms with Gasteiger partial charge in [0.05, 0.1) is 0 Å². The molecule has 1 nitrogen and oxygen atoms in total. The van der Waals surface area contributed by atoms with Crippen molar-refractivity contribution in [2.45, 2.75) is 78.7 Å². The minimum Gasteiger partial charge on any atom is -0.327 e. The molecule has 1 heteroatoms. The fourth-order valence-corrected chi connectivity index (χ4v) is 3.85. The maximum Gasteiger partial charge on any atom is 0.00721 e. The van der Waals surface area contributed by atoms with E-state index in [-0.39, 0.29) is 0 Å². The molecule has 0 aromatic heterocycles. The molecule has 1 atom stereocenters. The lowest BCUT2D eigenvalue weighted by molar-refractivity contribution is 0.214. The van der Waals surface area contributed by atoms with Gasteiger partial charge in [-0.1, -0.05) is 59.8 Å². The van der Waals surface area contributed by atoms with Crippen LogP contribution in [0.2, 0.25) is 0 Å².